The van der Waals surface area contributed by atoms with Gasteiger partial charge in [-0.3, -0.25) is 9.89 Å². The van der Waals surface area contributed by atoms with Crippen molar-refractivity contribution in [2.75, 3.05) is 57.3 Å². The summed E-state index contributed by atoms with van der Waals surface area (Å²) in [4.78, 5) is 13.8. The van der Waals surface area contributed by atoms with Gasteiger partial charge in [-0.1, -0.05) is 12.1 Å². The fourth-order valence-corrected chi connectivity index (χ4v) is 4.23. The predicted molar refractivity (Wildman–Crippen MR) is 124 cm³/mol. The lowest BCUT2D eigenvalue weighted by Crippen LogP contribution is -2.47. The van der Waals surface area contributed by atoms with Crippen molar-refractivity contribution in [2.45, 2.75) is 26.7 Å². The van der Waals surface area contributed by atoms with Gasteiger partial charge in [0, 0.05) is 64.2 Å². The van der Waals surface area contributed by atoms with Crippen molar-refractivity contribution in [3.63, 3.8) is 0 Å². The van der Waals surface area contributed by atoms with Crippen LogP contribution in [0.5, 0.6) is 0 Å². The van der Waals surface area contributed by atoms with Crippen molar-refractivity contribution in [1.29, 1.82) is 0 Å². The molecule has 0 bridgehead atoms. The number of nitrogens with zero attached hydrogens (tertiary/aromatic N) is 4. The summed E-state index contributed by atoms with van der Waals surface area (Å²) in [5.41, 5.74) is 1.85. The molecule has 0 radical (unpaired) electrons. The largest absolute Gasteiger partial charge is 0.367 e. The quantitative estimate of drug-likeness (QED) is 0.363. The summed E-state index contributed by atoms with van der Waals surface area (Å²) in [5, 5.41) is 9.93. The summed E-state index contributed by atoms with van der Waals surface area (Å²) in [6.45, 7) is 11.3. The van der Waals surface area contributed by atoms with Gasteiger partial charge in [-0.15, -0.1) is 11.3 Å². The molecule has 0 aliphatic carbocycles. The van der Waals surface area contributed by atoms with Crippen molar-refractivity contribution in [3.05, 3.63) is 46.2 Å². The number of para-hydroxylation sites is 1. The smallest absolute Gasteiger partial charge is 0.191 e. The second-order valence-corrected chi connectivity index (χ2v) is 8.49. The van der Waals surface area contributed by atoms with Gasteiger partial charge in [-0.05, 0) is 32.4 Å². The van der Waals surface area contributed by atoms with Crippen molar-refractivity contribution in [1.82, 2.24) is 20.5 Å². The Morgan fingerprint density at radius 2 is 2.00 bits per heavy atom. The van der Waals surface area contributed by atoms with Crippen molar-refractivity contribution >= 4 is 23.0 Å². The van der Waals surface area contributed by atoms with Crippen LogP contribution in [0.25, 0.3) is 0 Å². The molecule has 2 N–H and O–H groups in total. The number of aromatic nitrogens is 1. The Hall–Kier alpha value is -2.19. The van der Waals surface area contributed by atoms with Crippen LogP contribution in [0.3, 0.4) is 0 Å². The van der Waals surface area contributed by atoms with Gasteiger partial charge in [0.15, 0.2) is 5.96 Å². The molecule has 1 fully saturated rings. The van der Waals surface area contributed by atoms with Crippen LogP contribution in [0, 0.1) is 12.7 Å². The fraction of sp³-hybridized carbons (Fsp3) is 0.545. The van der Waals surface area contributed by atoms with Gasteiger partial charge >= 0.3 is 0 Å². The standard InChI is InChI=1S/C22H33FN6S/c1-3-24-22(26-11-9-19-17-30-18(2)27-19)25-10-6-12-28-13-15-29(16-14-28)21-8-5-4-7-20(21)23/h4-5,7-8,17H,3,6,9-16H2,1-2H3,(H2,24,25,26). The number of rotatable bonds is 9. The van der Waals surface area contributed by atoms with Gasteiger partial charge in [-0.2, -0.15) is 0 Å². The number of anilines is 1. The van der Waals surface area contributed by atoms with Crippen LogP contribution in [-0.4, -0.2) is 68.2 Å². The van der Waals surface area contributed by atoms with Crippen LogP contribution in [0.15, 0.2) is 34.6 Å². The molecule has 0 amide bonds. The first-order chi connectivity index (χ1) is 14.7. The SMILES string of the molecule is CCNC(=NCCCN1CCN(c2ccccc2F)CC1)NCCc1csc(C)n1. The lowest BCUT2D eigenvalue weighted by Gasteiger charge is -2.36. The van der Waals surface area contributed by atoms with Crippen molar-refractivity contribution in [3.8, 4) is 0 Å². The van der Waals surface area contributed by atoms with Gasteiger partial charge in [-0.25, -0.2) is 9.37 Å². The molecule has 3 rings (SSSR count). The summed E-state index contributed by atoms with van der Waals surface area (Å²) < 4.78 is 14.0. The number of halogens is 1. The number of benzene rings is 1. The molecule has 8 heteroatoms. The minimum atomic E-state index is -0.131. The molecular weight excluding hydrogens is 399 g/mol. The zero-order chi connectivity index (χ0) is 21.2. The van der Waals surface area contributed by atoms with E-state index >= 15 is 0 Å². The Morgan fingerprint density at radius 3 is 2.70 bits per heavy atom. The molecule has 6 nitrogen and oxygen atoms in total. The van der Waals surface area contributed by atoms with E-state index in [-0.39, 0.29) is 5.82 Å². The first kappa shape index (κ1) is 22.5. The normalized spacial score (nSPS) is 15.4. The highest BCUT2D eigenvalue weighted by molar-refractivity contribution is 7.09. The maximum absolute atomic E-state index is 14.0. The number of thiazole rings is 1. The van der Waals surface area contributed by atoms with E-state index in [0.717, 1.165) is 87.5 Å². The Labute approximate surface area is 183 Å². The second-order valence-electron chi connectivity index (χ2n) is 7.43. The summed E-state index contributed by atoms with van der Waals surface area (Å²) in [6.07, 6.45) is 1.92. The van der Waals surface area contributed by atoms with Crippen LogP contribution in [-0.2, 0) is 6.42 Å². The van der Waals surface area contributed by atoms with Crippen LogP contribution < -0.4 is 15.5 Å². The zero-order valence-electron chi connectivity index (χ0n) is 18.0. The summed E-state index contributed by atoms with van der Waals surface area (Å²) >= 11 is 1.69. The van der Waals surface area contributed by atoms with E-state index in [1.54, 1.807) is 17.4 Å². The Bertz CT molecular complexity index is 800. The van der Waals surface area contributed by atoms with E-state index < -0.39 is 0 Å². The highest BCUT2D eigenvalue weighted by atomic mass is 32.1. The molecule has 1 aromatic carbocycles. The third-order valence-electron chi connectivity index (χ3n) is 5.15. The van der Waals surface area contributed by atoms with Gasteiger partial charge in [0.2, 0.25) is 0 Å². The number of hydrogen-bond acceptors (Lipinski definition) is 5. The topological polar surface area (TPSA) is 55.8 Å². The van der Waals surface area contributed by atoms with Crippen LogP contribution in [0.4, 0.5) is 10.1 Å². The number of hydrogen-bond donors (Lipinski definition) is 2. The van der Waals surface area contributed by atoms with E-state index in [1.807, 2.05) is 19.1 Å². The lowest BCUT2D eigenvalue weighted by atomic mass is 10.2. The molecule has 0 unspecified atom stereocenters. The number of aryl methyl sites for hydroxylation is 1. The van der Waals surface area contributed by atoms with Gasteiger partial charge < -0.3 is 15.5 Å². The van der Waals surface area contributed by atoms with Crippen molar-refractivity contribution in [2.24, 2.45) is 4.99 Å². The molecule has 1 aromatic heterocycles. The maximum atomic E-state index is 14.0. The first-order valence-corrected chi connectivity index (χ1v) is 11.7. The Kier molecular flexibility index (Phi) is 8.89. The van der Waals surface area contributed by atoms with Gasteiger partial charge in [0.25, 0.3) is 0 Å². The van der Waals surface area contributed by atoms with E-state index in [4.69, 9.17) is 4.99 Å². The van der Waals surface area contributed by atoms with E-state index in [9.17, 15) is 4.39 Å². The molecule has 1 saturated heterocycles. The third-order valence-corrected chi connectivity index (χ3v) is 5.97. The predicted octanol–water partition coefficient (Wildman–Crippen LogP) is 2.90. The Morgan fingerprint density at radius 1 is 1.20 bits per heavy atom. The summed E-state index contributed by atoms with van der Waals surface area (Å²) in [6, 6.07) is 7.04. The molecule has 30 heavy (non-hydrogen) atoms. The maximum Gasteiger partial charge on any atom is 0.191 e. The lowest BCUT2D eigenvalue weighted by molar-refractivity contribution is 0.256. The average Bonchev–Trinajstić information content (AvgIpc) is 3.17. The molecule has 1 aliphatic rings. The van der Waals surface area contributed by atoms with E-state index in [1.165, 1.54) is 6.07 Å². The van der Waals surface area contributed by atoms with Crippen molar-refractivity contribution < 1.29 is 4.39 Å². The summed E-state index contributed by atoms with van der Waals surface area (Å²) in [5.74, 6) is 0.738. The monoisotopic (exact) mass is 432 g/mol. The molecule has 0 atom stereocenters. The molecular formula is C22H33FN6S. The average molecular weight is 433 g/mol. The molecule has 0 spiro atoms. The molecule has 2 heterocycles. The Balaban J connectivity index is 1.35. The first-order valence-electron chi connectivity index (χ1n) is 10.8. The number of piperazine rings is 1. The molecule has 0 saturated carbocycles. The highest BCUT2D eigenvalue weighted by Crippen LogP contribution is 2.20. The minimum absolute atomic E-state index is 0.131. The number of guanidine groups is 1. The zero-order valence-corrected chi connectivity index (χ0v) is 18.8. The fourth-order valence-electron chi connectivity index (χ4n) is 3.58. The molecule has 164 valence electrons. The van der Waals surface area contributed by atoms with Crippen LogP contribution in [0.2, 0.25) is 0 Å². The van der Waals surface area contributed by atoms with Crippen LogP contribution in [0.1, 0.15) is 24.0 Å². The minimum Gasteiger partial charge on any atom is -0.367 e. The van der Waals surface area contributed by atoms with Gasteiger partial charge in [0.1, 0.15) is 5.82 Å². The number of nitrogens with one attached hydrogen (secondary N) is 2. The molecule has 1 aliphatic heterocycles. The third kappa shape index (κ3) is 6.95. The van der Waals surface area contributed by atoms with E-state index in [0.29, 0.717) is 0 Å². The van der Waals surface area contributed by atoms with Gasteiger partial charge in [0.05, 0.1) is 16.4 Å². The molecule has 2 aromatic rings. The number of aliphatic imine (C=N–C) groups is 1. The highest BCUT2D eigenvalue weighted by Gasteiger charge is 2.18. The second kappa shape index (κ2) is 11.9. The summed E-state index contributed by atoms with van der Waals surface area (Å²) in [7, 11) is 0. The van der Waals surface area contributed by atoms with E-state index in [2.05, 4.69) is 37.7 Å². The van der Waals surface area contributed by atoms with Crippen LogP contribution >= 0.6 is 11.3 Å².